The number of hydrogen-bond donors (Lipinski definition) is 1. The fourth-order valence-corrected chi connectivity index (χ4v) is 1.81. The predicted molar refractivity (Wildman–Crippen MR) is 55.2 cm³/mol. The van der Waals surface area contributed by atoms with Gasteiger partial charge in [0.2, 0.25) is 6.79 Å². The third-order valence-corrected chi connectivity index (χ3v) is 2.68. The molecule has 2 N–H and O–H groups in total. The quantitative estimate of drug-likeness (QED) is 0.803. The summed E-state index contributed by atoms with van der Waals surface area (Å²) in [5.74, 6) is 1.50. The van der Waals surface area contributed by atoms with E-state index in [1.165, 1.54) is 0 Å². The van der Waals surface area contributed by atoms with Crippen molar-refractivity contribution in [3.05, 3.63) is 23.8 Å². The summed E-state index contributed by atoms with van der Waals surface area (Å²) in [5, 5.41) is 0. The zero-order chi connectivity index (χ0) is 11.0. The molecule has 3 rings (SSSR count). The minimum absolute atomic E-state index is 0.0181. The van der Waals surface area contributed by atoms with Gasteiger partial charge >= 0.3 is 0 Å². The molecule has 0 radical (unpaired) electrons. The number of benzene rings is 1. The lowest BCUT2D eigenvalue weighted by Crippen LogP contribution is -2.21. The molecule has 86 valence electrons. The monoisotopic (exact) mass is 223 g/mol. The fraction of sp³-hybridized carbons (Fsp3) is 0.455. The van der Waals surface area contributed by atoms with Crippen molar-refractivity contribution in [2.75, 3.05) is 19.9 Å². The molecular weight excluding hydrogens is 210 g/mol. The van der Waals surface area contributed by atoms with Gasteiger partial charge in [-0.25, -0.2) is 0 Å². The normalized spacial score (nSPS) is 27.3. The zero-order valence-electron chi connectivity index (χ0n) is 8.72. The van der Waals surface area contributed by atoms with Crippen LogP contribution in [0.15, 0.2) is 18.2 Å². The lowest BCUT2D eigenvalue weighted by Gasteiger charge is -2.11. The minimum atomic E-state index is -0.344. The van der Waals surface area contributed by atoms with Crippen LogP contribution in [0.2, 0.25) is 0 Å². The van der Waals surface area contributed by atoms with Crippen LogP contribution in [-0.4, -0.2) is 26.0 Å². The molecule has 0 bridgehead atoms. The molecule has 1 aromatic rings. The molecule has 0 aromatic heterocycles. The first kappa shape index (κ1) is 9.89. The van der Waals surface area contributed by atoms with Gasteiger partial charge in [0.05, 0.1) is 12.7 Å². The molecule has 2 heterocycles. The number of hydrogen-bond acceptors (Lipinski definition) is 5. The van der Waals surface area contributed by atoms with Crippen LogP contribution in [0.3, 0.4) is 0 Å². The van der Waals surface area contributed by atoms with Gasteiger partial charge in [0.1, 0.15) is 0 Å². The van der Waals surface area contributed by atoms with E-state index in [-0.39, 0.29) is 19.2 Å². The Hall–Kier alpha value is -1.30. The second kappa shape index (κ2) is 3.93. The van der Waals surface area contributed by atoms with E-state index in [0.29, 0.717) is 13.2 Å². The maximum Gasteiger partial charge on any atom is 0.231 e. The van der Waals surface area contributed by atoms with E-state index in [1.54, 1.807) is 0 Å². The summed E-state index contributed by atoms with van der Waals surface area (Å²) >= 11 is 0. The minimum Gasteiger partial charge on any atom is -0.454 e. The van der Waals surface area contributed by atoms with Gasteiger partial charge in [-0.1, -0.05) is 0 Å². The number of rotatable bonds is 2. The van der Waals surface area contributed by atoms with Crippen molar-refractivity contribution in [3.8, 4) is 11.5 Å². The van der Waals surface area contributed by atoms with Crippen molar-refractivity contribution >= 4 is 0 Å². The van der Waals surface area contributed by atoms with Crippen LogP contribution in [0, 0.1) is 0 Å². The maximum absolute atomic E-state index is 5.61. The summed E-state index contributed by atoms with van der Waals surface area (Å²) < 4.78 is 21.6. The van der Waals surface area contributed by atoms with Gasteiger partial charge in [0, 0.05) is 12.1 Å². The summed E-state index contributed by atoms with van der Waals surface area (Å²) in [7, 11) is 0. The second-order valence-corrected chi connectivity index (χ2v) is 3.77. The van der Waals surface area contributed by atoms with Gasteiger partial charge in [-0.3, -0.25) is 0 Å². The lowest BCUT2D eigenvalue weighted by atomic mass is 10.2. The average molecular weight is 223 g/mol. The Kier molecular flexibility index (Phi) is 2.43. The van der Waals surface area contributed by atoms with Gasteiger partial charge < -0.3 is 24.7 Å². The number of ether oxygens (including phenoxy) is 4. The molecule has 0 aliphatic carbocycles. The molecule has 1 fully saturated rings. The summed E-state index contributed by atoms with van der Waals surface area (Å²) in [5.41, 5.74) is 6.45. The molecule has 5 heteroatoms. The molecule has 2 aliphatic rings. The van der Waals surface area contributed by atoms with E-state index in [9.17, 15) is 0 Å². The average Bonchev–Trinajstić information content (AvgIpc) is 2.96. The first-order chi connectivity index (χ1) is 7.86. The summed E-state index contributed by atoms with van der Waals surface area (Å²) in [4.78, 5) is 0. The van der Waals surface area contributed by atoms with E-state index >= 15 is 0 Å². The number of fused-ring (bicyclic) bond motifs is 1. The van der Waals surface area contributed by atoms with Crippen LogP contribution < -0.4 is 15.2 Å². The van der Waals surface area contributed by atoms with Gasteiger partial charge in [-0.05, 0) is 18.2 Å². The first-order valence-electron chi connectivity index (χ1n) is 5.23. The van der Waals surface area contributed by atoms with Gasteiger partial charge in [-0.2, -0.15) is 0 Å². The largest absolute Gasteiger partial charge is 0.454 e. The van der Waals surface area contributed by atoms with Crippen molar-refractivity contribution in [3.63, 3.8) is 0 Å². The molecule has 2 atom stereocenters. The van der Waals surface area contributed by atoms with Crippen LogP contribution in [0.4, 0.5) is 0 Å². The van der Waals surface area contributed by atoms with E-state index < -0.39 is 0 Å². The number of nitrogens with two attached hydrogens (primary N) is 1. The van der Waals surface area contributed by atoms with Gasteiger partial charge in [0.25, 0.3) is 0 Å². The van der Waals surface area contributed by atoms with Crippen molar-refractivity contribution in [1.29, 1.82) is 0 Å². The SMILES string of the molecule is NCC1COC(c2ccc3c(c2)OCO3)O1. The molecule has 0 amide bonds. The van der Waals surface area contributed by atoms with Gasteiger partial charge in [-0.15, -0.1) is 0 Å². The first-order valence-corrected chi connectivity index (χ1v) is 5.23. The Bertz CT molecular complexity index is 396. The van der Waals surface area contributed by atoms with Crippen molar-refractivity contribution in [1.82, 2.24) is 0 Å². The lowest BCUT2D eigenvalue weighted by molar-refractivity contribution is -0.0586. The topological polar surface area (TPSA) is 62.9 Å². The Balaban J connectivity index is 1.80. The van der Waals surface area contributed by atoms with Crippen molar-refractivity contribution < 1.29 is 18.9 Å². The third-order valence-electron chi connectivity index (χ3n) is 2.68. The van der Waals surface area contributed by atoms with Crippen LogP contribution in [0.25, 0.3) is 0 Å². The molecule has 1 aromatic carbocycles. The van der Waals surface area contributed by atoms with E-state index in [1.807, 2.05) is 18.2 Å². The molecule has 0 spiro atoms. The Morgan fingerprint density at radius 3 is 2.94 bits per heavy atom. The molecule has 16 heavy (non-hydrogen) atoms. The molecule has 0 saturated carbocycles. The molecule has 2 unspecified atom stereocenters. The highest BCUT2D eigenvalue weighted by molar-refractivity contribution is 5.44. The van der Waals surface area contributed by atoms with Crippen molar-refractivity contribution in [2.24, 2.45) is 5.73 Å². The highest BCUT2D eigenvalue weighted by atomic mass is 16.7. The zero-order valence-corrected chi connectivity index (χ0v) is 8.72. The third kappa shape index (κ3) is 1.63. The maximum atomic E-state index is 5.61. The van der Waals surface area contributed by atoms with Crippen LogP contribution in [0.5, 0.6) is 11.5 Å². The molecule has 5 nitrogen and oxygen atoms in total. The Labute approximate surface area is 93.0 Å². The molecule has 1 saturated heterocycles. The van der Waals surface area contributed by atoms with Crippen molar-refractivity contribution in [2.45, 2.75) is 12.4 Å². The summed E-state index contributed by atoms with van der Waals surface area (Å²) in [6.45, 7) is 1.28. The summed E-state index contributed by atoms with van der Waals surface area (Å²) in [6.07, 6.45) is -0.363. The van der Waals surface area contributed by atoms with Gasteiger partial charge in [0.15, 0.2) is 17.8 Å². The Morgan fingerprint density at radius 1 is 1.25 bits per heavy atom. The Morgan fingerprint density at radius 2 is 2.12 bits per heavy atom. The standard InChI is InChI=1S/C11H13NO4/c12-4-8-5-13-11(16-8)7-1-2-9-10(3-7)15-6-14-9/h1-3,8,11H,4-6,12H2. The predicted octanol–water partition coefficient (Wildman–Crippen LogP) is 0.788. The van der Waals surface area contributed by atoms with E-state index in [4.69, 9.17) is 24.7 Å². The van der Waals surface area contributed by atoms with Crippen LogP contribution in [0.1, 0.15) is 11.9 Å². The fourth-order valence-electron chi connectivity index (χ4n) is 1.81. The van der Waals surface area contributed by atoms with E-state index in [0.717, 1.165) is 17.1 Å². The highest BCUT2D eigenvalue weighted by Crippen LogP contribution is 2.36. The molecular formula is C11H13NO4. The smallest absolute Gasteiger partial charge is 0.231 e. The molecule has 2 aliphatic heterocycles. The second-order valence-electron chi connectivity index (χ2n) is 3.77. The van der Waals surface area contributed by atoms with Crippen LogP contribution in [-0.2, 0) is 9.47 Å². The van der Waals surface area contributed by atoms with Crippen LogP contribution >= 0.6 is 0 Å². The summed E-state index contributed by atoms with van der Waals surface area (Å²) in [6, 6.07) is 5.66. The van der Waals surface area contributed by atoms with E-state index in [2.05, 4.69) is 0 Å². The highest BCUT2D eigenvalue weighted by Gasteiger charge is 2.27.